The van der Waals surface area contributed by atoms with Crippen LogP contribution in [0.5, 0.6) is 0 Å². The summed E-state index contributed by atoms with van der Waals surface area (Å²) in [4.78, 5) is 26.8. The molecule has 84 valence electrons. The minimum absolute atomic E-state index is 0.261. The number of fused-ring (bicyclic) bond motifs is 1. The highest BCUT2D eigenvalue weighted by Crippen LogP contribution is 2.11. The lowest BCUT2D eigenvalue weighted by Crippen LogP contribution is -2.37. The zero-order valence-corrected chi connectivity index (χ0v) is 8.56. The summed E-state index contributed by atoms with van der Waals surface area (Å²) in [6.07, 6.45) is 1.62. The van der Waals surface area contributed by atoms with Crippen molar-refractivity contribution in [3.63, 3.8) is 0 Å². The lowest BCUT2D eigenvalue weighted by atomic mass is 10.4. The lowest BCUT2D eigenvalue weighted by Gasteiger charge is -2.26. The third-order valence-corrected chi connectivity index (χ3v) is 2.55. The number of aromatic nitrogens is 4. The smallest absolute Gasteiger partial charge is 0.325 e. The fourth-order valence-corrected chi connectivity index (χ4v) is 1.74. The van der Waals surface area contributed by atoms with Crippen molar-refractivity contribution in [2.45, 2.75) is 0 Å². The topological polar surface area (TPSA) is 86.9 Å². The maximum Gasteiger partial charge on any atom is 0.325 e. The Labute approximate surface area is 90.5 Å². The van der Waals surface area contributed by atoms with E-state index in [0.717, 1.165) is 13.1 Å². The lowest BCUT2D eigenvalue weighted by molar-refractivity contribution is 0.122. The first-order valence-corrected chi connectivity index (χ1v) is 5.11. The highest BCUT2D eigenvalue weighted by molar-refractivity contribution is 5.69. The quantitative estimate of drug-likeness (QED) is 0.676. The number of anilines is 1. The van der Waals surface area contributed by atoms with Crippen LogP contribution in [0, 0.1) is 0 Å². The van der Waals surface area contributed by atoms with E-state index in [4.69, 9.17) is 4.74 Å². The maximum atomic E-state index is 11.1. The third-order valence-electron chi connectivity index (χ3n) is 2.55. The number of nitrogens with zero attached hydrogens (tertiary/aromatic N) is 3. The van der Waals surface area contributed by atoms with Gasteiger partial charge in [0, 0.05) is 13.1 Å². The highest BCUT2D eigenvalue weighted by atomic mass is 16.5. The summed E-state index contributed by atoms with van der Waals surface area (Å²) in [6, 6.07) is 0. The number of imidazole rings is 1. The standard InChI is InChI=1S/C9H11N5O2/c15-9-11-6-5-10-8(12-7(6)13-9)14-1-3-16-4-2-14/h5H,1-4H2,(H2,10,11,12,13,15). The summed E-state index contributed by atoms with van der Waals surface area (Å²) < 4.78 is 5.25. The fraction of sp³-hybridized carbons (Fsp3) is 0.444. The number of nitrogens with one attached hydrogen (secondary N) is 2. The first-order valence-electron chi connectivity index (χ1n) is 5.11. The number of H-pyrrole nitrogens is 2. The van der Waals surface area contributed by atoms with Gasteiger partial charge in [0.2, 0.25) is 5.95 Å². The first-order chi connectivity index (χ1) is 7.83. The van der Waals surface area contributed by atoms with E-state index in [1.165, 1.54) is 0 Å². The van der Waals surface area contributed by atoms with Crippen LogP contribution >= 0.6 is 0 Å². The van der Waals surface area contributed by atoms with Crippen LogP contribution in [0.15, 0.2) is 11.0 Å². The van der Waals surface area contributed by atoms with Crippen molar-refractivity contribution in [2.75, 3.05) is 31.2 Å². The van der Waals surface area contributed by atoms with E-state index in [-0.39, 0.29) is 5.69 Å². The molecule has 3 rings (SSSR count). The zero-order chi connectivity index (χ0) is 11.0. The Morgan fingerprint density at radius 2 is 2.12 bits per heavy atom. The molecule has 0 amide bonds. The van der Waals surface area contributed by atoms with Gasteiger partial charge in [-0.1, -0.05) is 0 Å². The maximum absolute atomic E-state index is 11.1. The van der Waals surface area contributed by atoms with Crippen LogP contribution in [0.4, 0.5) is 5.95 Å². The Balaban J connectivity index is 2.00. The van der Waals surface area contributed by atoms with Crippen molar-refractivity contribution in [1.29, 1.82) is 0 Å². The Bertz CT molecular complexity index is 554. The molecule has 7 heteroatoms. The summed E-state index contributed by atoms with van der Waals surface area (Å²) in [7, 11) is 0. The molecule has 16 heavy (non-hydrogen) atoms. The molecule has 0 unspecified atom stereocenters. The Hall–Kier alpha value is -1.89. The molecule has 1 aliphatic heterocycles. The molecular weight excluding hydrogens is 210 g/mol. The zero-order valence-electron chi connectivity index (χ0n) is 8.56. The minimum Gasteiger partial charge on any atom is -0.378 e. The number of hydrogen-bond donors (Lipinski definition) is 2. The summed E-state index contributed by atoms with van der Waals surface area (Å²) in [5.74, 6) is 0.631. The van der Waals surface area contributed by atoms with Gasteiger partial charge in [-0.2, -0.15) is 4.98 Å². The second-order valence-electron chi connectivity index (χ2n) is 3.61. The van der Waals surface area contributed by atoms with Gasteiger partial charge in [-0.15, -0.1) is 0 Å². The largest absolute Gasteiger partial charge is 0.378 e. The fourth-order valence-electron chi connectivity index (χ4n) is 1.74. The van der Waals surface area contributed by atoms with Gasteiger partial charge >= 0.3 is 5.69 Å². The van der Waals surface area contributed by atoms with Gasteiger partial charge in [0.15, 0.2) is 5.65 Å². The highest BCUT2D eigenvalue weighted by Gasteiger charge is 2.14. The molecule has 0 radical (unpaired) electrons. The van der Waals surface area contributed by atoms with Crippen LogP contribution in [0.2, 0.25) is 0 Å². The molecule has 0 aromatic carbocycles. The molecule has 2 aromatic rings. The van der Waals surface area contributed by atoms with Gasteiger partial charge in [0.05, 0.1) is 19.4 Å². The van der Waals surface area contributed by atoms with E-state index < -0.39 is 0 Å². The predicted molar refractivity (Wildman–Crippen MR) is 57.5 cm³/mol. The van der Waals surface area contributed by atoms with E-state index in [0.29, 0.717) is 30.3 Å². The summed E-state index contributed by atoms with van der Waals surface area (Å²) >= 11 is 0. The second-order valence-corrected chi connectivity index (χ2v) is 3.61. The summed E-state index contributed by atoms with van der Waals surface area (Å²) in [5.41, 5.74) is 0.909. The molecule has 1 fully saturated rings. The molecule has 0 spiro atoms. The number of aromatic amines is 2. The van der Waals surface area contributed by atoms with E-state index in [1.807, 2.05) is 4.90 Å². The number of hydrogen-bond acceptors (Lipinski definition) is 5. The minimum atomic E-state index is -0.261. The van der Waals surface area contributed by atoms with Crippen molar-refractivity contribution in [1.82, 2.24) is 19.9 Å². The van der Waals surface area contributed by atoms with Gasteiger partial charge in [0.25, 0.3) is 0 Å². The van der Waals surface area contributed by atoms with Crippen molar-refractivity contribution in [3.05, 3.63) is 16.7 Å². The second kappa shape index (κ2) is 3.60. The van der Waals surface area contributed by atoms with Crippen molar-refractivity contribution >= 4 is 17.1 Å². The van der Waals surface area contributed by atoms with Gasteiger partial charge in [-0.25, -0.2) is 9.78 Å². The van der Waals surface area contributed by atoms with Gasteiger partial charge in [0.1, 0.15) is 5.52 Å². The molecule has 7 nitrogen and oxygen atoms in total. The van der Waals surface area contributed by atoms with E-state index in [1.54, 1.807) is 6.20 Å². The Morgan fingerprint density at radius 1 is 1.31 bits per heavy atom. The van der Waals surface area contributed by atoms with Crippen LogP contribution in [0.3, 0.4) is 0 Å². The molecular formula is C9H11N5O2. The van der Waals surface area contributed by atoms with Crippen LogP contribution in [-0.2, 0) is 4.74 Å². The van der Waals surface area contributed by atoms with Crippen LogP contribution in [0.1, 0.15) is 0 Å². The molecule has 0 aliphatic carbocycles. The SMILES string of the molecule is O=c1[nH]c2cnc(N3CCOCC3)nc2[nH]1. The average molecular weight is 221 g/mol. The van der Waals surface area contributed by atoms with Crippen LogP contribution in [0.25, 0.3) is 11.2 Å². The molecule has 0 bridgehead atoms. The van der Waals surface area contributed by atoms with Gasteiger partial charge < -0.3 is 14.6 Å². The normalized spacial score (nSPS) is 16.9. The predicted octanol–water partition coefficient (Wildman–Crippen LogP) is -0.517. The van der Waals surface area contributed by atoms with Crippen molar-refractivity contribution < 1.29 is 4.74 Å². The summed E-state index contributed by atoms with van der Waals surface area (Å²) in [6.45, 7) is 2.93. The molecule has 3 heterocycles. The number of ether oxygens (including phenoxy) is 1. The molecule has 2 N–H and O–H groups in total. The van der Waals surface area contributed by atoms with Gasteiger partial charge in [-0.05, 0) is 0 Å². The molecule has 1 saturated heterocycles. The summed E-state index contributed by atoms with van der Waals surface area (Å²) in [5, 5.41) is 0. The van der Waals surface area contributed by atoms with E-state index >= 15 is 0 Å². The molecule has 0 atom stereocenters. The number of morpholine rings is 1. The average Bonchev–Trinajstić information content (AvgIpc) is 2.69. The molecule has 2 aromatic heterocycles. The number of rotatable bonds is 1. The molecule has 1 aliphatic rings. The van der Waals surface area contributed by atoms with Gasteiger partial charge in [-0.3, -0.25) is 4.98 Å². The first kappa shape index (κ1) is 9.34. The van der Waals surface area contributed by atoms with Crippen LogP contribution in [-0.4, -0.2) is 46.2 Å². The Morgan fingerprint density at radius 3 is 2.94 bits per heavy atom. The van der Waals surface area contributed by atoms with E-state index in [2.05, 4.69) is 19.9 Å². The van der Waals surface area contributed by atoms with Crippen molar-refractivity contribution in [2.24, 2.45) is 0 Å². The monoisotopic (exact) mass is 221 g/mol. The van der Waals surface area contributed by atoms with Crippen LogP contribution < -0.4 is 10.6 Å². The van der Waals surface area contributed by atoms with Crippen molar-refractivity contribution in [3.8, 4) is 0 Å². The Kier molecular flexibility index (Phi) is 2.10. The third kappa shape index (κ3) is 1.54. The molecule has 0 saturated carbocycles. The van der Waals surface area contributed by atoms with E-state index in [9.17, 15) is 4.79 Å².